The minimum atomic E-state index is 0.0195. The molecule has 0 saturated carbocycles. The molecule has 0 aliphatic heterocycles. The molecule has 6 heteroatoms. The van der Waals surface area contributed by atoms with Gasteiger partial charge in [0.2, 0.25) is 5.91 Å². The highest BCUT2D eigenvalue weighted by Crippen LogP contribution is 2.27. The number of hydrogen-bond acceptors (Lipinski definition) is 4. The van der Waals surface area contributed by atoms with E-state index in [1.165, 1.54) is 11.8 Å². The number of halogens is 1. The molecule has 2 rings (SSSR count). The van der Waals surface area contributed by atoms with Crippen LogP contribution in [0.1, 0.15) is 25.5 Å². The molecule has 0 spiro atoms. The lowest BCUT2D eigenvalue weighted by molar-refractivity contribution is -0.118. The number of nitrogens with one attached hydrogen (secondary N) is 1. The fourth-order valence-electron chi connectivity index (χ4n) is 2.69. The summed E-state index contributed by atoms with van der Waals surface area (Å²) >= 11 is 7.89. The van der Waals surface area contributed by atoms with Gasteiger partial charge < -0.3 is 5.32 Å². The Kier molecular flexibility index (Phi) is 8.25. The smallest absolute Gasteiger partial charge is 0.230 e. The molecular formula is C19H24ClN3OS. The normalized spacial score (nSPS) is 12.2. The van der Waals surface area contributed by atoms with Gasteiger partial charge >= 0.3 is 0 Å². The number of carbonyl (C=O) groups is 1. The van der Waals surface area contributed by atoms with Gasteiger partial charge in [0.15, 0.2) is 0 Å². The van der Waals surface area contributed by atoms with E-state index in [0.29, 0.717) is 12.3 Å². The van der Waals surface area contributed by atoms with Gasteiger partial charge in [-0.3, -0.25) is 14.7 Å². The molecule has 1 N–H and O–H groups in total. The van der Waals surface area contributed by atoms with Crippen LogP contribution in [0.15, 0.2) is 53.7 Å². The number of nitrogens with zero attached hydrogens (tertiary/aromatic N) is 2. The summed E-state index contributed by atoms with van der Waals surface area (Å²) in [7, 11) is 0. The number of aromatic nitrogens is 1. The predicted molar refractivity (Wildman–Crippen MR) is 105 cm³/mol. The third kappa shape index (κ3) is 6.03. The first-order valence-electron chi connectivity index (χ1n) is 8.43. The van der Waals surface area contributed by atoms with Gasteiger partial charge in [-0.15, -0.1) is 11.8 Å². The third-order valence-electron chi connectivity index (χ3n) is 4.03. The molecule has 134 valence electrons. The molecule has 1 unspecified atom stereocenters. The lowest BCUT2D eigenvalue weighted by atomic mass is 10.0. The quantitative estimate of drug-likeness (QED) is 0.670. The van der Waals surface area contributed by atoms with E-state index in [1.54, 1.807) is 12.4 Å². The molecule has 0 bridgehead atoms. The molecule has 1 atom stereocenters. The Bertz CT molecular complexity index is 665. The maximum atomic E-state index is 12.2. The van der Waals surface area contributed by atoms with Crippen molar-refractivity contribution in [2.75, 3.05) is 25.4 Å². The molecule has 1 aromatic carbocycles. The summed E-state index contributed by atoms with van der Waals surface area (Å²) in [5.41, 5.74) is 1.05. The zero-order valence-corrected chi connectivity index (χ0v) is 16.2. The maximum absolute atomic E-state index is 12.2. The number of amides is 1. The monoisotopic (exact) mass is 377 g/mol. The van der Waals surface area contributed by atoms with Crippen LogP contribution in [0, 0.1) is 0 Å². The van der Waals surface area contributed by atoms with Crippen molar-refractivity contribution in [2.24, 2.45) is 0 Å². The molecule has 0 saturated heterocycles. The van der Waals surface area contributed by atoms with Crippen LogP contribution in [0.5, 0.6) is 0 Å². The van der Waals surface area contributed by atoms with Gasteiger partial charge in [-0.25, -0.2) is 0 Å². The summed E-state index contributed by atoms with van der Waals surface area (Å²) in [6.45, 7) is 6.58. The summed E-state index contributed by atoms with van der Waals surface area (Å²) in [6, 6.07) is 11.7. The van der Waals surface area contributed by atoms with Crippen molar-refractivity contribution in [2.45, 2.75) is 24.8 Å². The van der Waals surface area contributed by atoms with E-state index in [4.69, 9.17) is 11.6 Å². The topological polar surface area (TPSA) is 45.2 Å². The van der Waals surface area contributed by atoms with Crippen LogP contribution in [0.4, 0.5) is 0 Å². The van der Waals surface area contributed by atoms with Crippen LogP contribution in [0.2, 0.25) is 5.02 Å². The number of thioether (sulfide) groups is 1. The van der Waals surface area contributed by atoms with Gasteiger partial charge in [-0.05, 0) is 36.9 Å². The van der Waals surface area contributed by atoms with E-state index >= 15 is 0 Å². The number of benzene rings is 1. The average molecular weight is 378 g/mol. The van der Waals surface area contributed by atoms with Crippen LogP contribution in [-0.4, -0.2) is 41.2 Å². The zero-order valence-electron chi connectivity index (χ0n) is 14.6. The molecule has 0 aliphatic rings. The molecule has 4 nitrogen and oxygen atoms in total. The number of rotatable bonds is 9. The Morgan fingerprint density at radius 1 is 1.20 bits per heavy atom. The Labute approximate surface area is 159 Å². The largest absolute Gasteiger partial charge is 0.353 e. The second-order valence-electron chi connectivity index (χ2n) is 5.53. The van der Waals surface area contributed by atoms with Crippen LogP contribution in [-0.2, 0) is 4.79 Å². The molecule has 0 aliphatic carbocycles. The van der Waals surface area contributed by atoms with Crippen molar-refractivity contribution in [3.63, 3.8) is 0 Å². The zero-order chi connectivity index (χ0) is 18.1. The van der Waals surface area contributed by atoms with Crippen molar-refractivity contribution in [1.82, 2.24) is 15.2 Å². The first-order valence-corrected chi connectivity index (χ1v) is 9.80. The van der Waals surface area contributed by atoms with E-state index in [0.717, 1.165) is 28.6 Å². The van der Waals surface area contributed by atoms with E-state index in [9.17, 15) is 4.79 Å². The van der Waals surface area contributed by atoms with Gasteiger partial charge in [-0.2, -0.15) is 0 Å². The lowest BCUT2D eigenvalue weighted by Gasteiger charge is -2.30. The first kappa shape index (κ1) is 19.8. The van der Waals surface area contributed by atoms with Crippen LogP contribution in [0.3, 0.4) is 0 Å². The Hall–Kier alpha value is -1.56. The van der Waals surface area contributed by atoms with E-state index in [-0.39, 0.29) is 11.9 Å². The summed E-state index contributed by atoms with van der Waals surface area (Å²) in [5, 5.41) is 3.79. The molecule has 0 fully saturated rings. The second kappa shape index (κ2) is 10.4. The lowest BCUT2D eigenvalue weighted by Crippen LogP contribution is -2.38. The number of likely N-dealkylation sites (N-methyl/N-ethyl adjacent to an activating group) is 1. The van der Waals surface area contributed by atoms with Crippen LogP contribution in [0.25, 0.3) is 0 Å². The van der Waals surface area contributed by atoms with Gasteiger partial charge in [0.05, 0.1) is 11.8 Å². The van der Waals surface area contributed by atoms with Crippen molar-refractivity contribution in [3.8, 4) is 0 Å². The van der Waals surface area contributed by atoms with E-state index in [2.05, 4.69) is 29.0 Å². The standard InChI is InChI=1S/C19H24ClN3OS/c1-3-23(4-2)18(16-7-5-6-8-17(16)20)13-22-19(24)14-25-15-9-11-21-12-10-15/h5-12,18H,3-4,13-14H2,1-2H3,(H,22,24). The minimum absolute atomic E-state index is 0.0195. The third-order valence-corrected chi connectivity index (χ3v) is 5.39. The Morgan fingerprint density at radius 3 is 2.52 bits per heavy atom. The van der Waals surface area contributed by atoms with Gasteiger partial charge in [0.1, 0.15) is 0 Å². The molecule has 0 radical (unpaired) electrons. The Balaban J connectivity index is 1.97. The molecule has 25 heavy (non-hydrogen) atoms. The summed E-state index contributed by atoms with van der Waals surface area (Å²) in [5.74, 6) is 0.406. The van der Waals surface area contributed by atoms with Gasteiger partial charge in [0, 0.05) is 28.9 Å². The van der Waals surface area contributed by atoms with Crippen LogP contribution >= 0.6 is 23.4 Å². The fourth-order valence-corrected chi connectivity index (χ4v) is 3.67. The fraction of sp³-hybridized carbons (Fsp3) is 0.368. The Morgan fingerprint density at radius 2 is 1.88 bits per heavy atom. The van der Waals surface area contributed by atoms with Crippen LogP contribution < -0.4 is 5.32 Å². The molecule has 1 aromatic heterocycles. The van der Waals surface area contributed by atoms with Gasteiger partial charge in [-0.1, -0.05) is 43.6 Å². The average Bonchev–Trinajstić information content (AvgIpc) is 2.65. The highest BCUT2D eigenvalue weighted by Gasteiger charge is 2.20. The molecule has 2 aromatic rings. The summed E-state index contributed by atoms with van der Waals surface area (Å²) < 4.78 is 0. The molecule has 1 amide bonds. The van der Waals surface area contributed by atoms with Crippen molar-refractivity contribution in [3.05, 3.63) is 59.4 Å². The van der Waals surface area contributed by atoms with Crippen molar-refractivity contribution in [1.29, 1.82) is 0 Å². The minimum Gasteiger partial charge on any atom is -0.353 e. The summed E-state index contributed by atoms with van der Waals surface area (Å²) in [4.78, 5) is 19.6. The van der Waals surface area contributed by atoms with E-state index < -0.39 is 0 Å². The molecular weight excluding hydrogens is 354 g/mol. The van der Waals surface area contributed by atoms with Gasteiger partial charge in [0.25, 0.3) is 0 Å². The number of pyridine rings is 1. The van der Waals surface area contributed by atoms with E-state index in [1.807, 2.05) is 36.4 Å². The highest BCUT2D eigenvalue weighted by molar-refractivity contribution is 8.00. The summed E-state index contributed by atoms with van der Waals surface area (Å²) in [6.07, 6.45) is 3.46. The predicted octanol–water partition coefficient (Wildman–Crippen LogP) is 4.03. The maximum Gasteiger partial charge on any atom is 0.230 e. The SMILES string of the molecule is CCN(CC)C(CNC(=O)CSc1ccncc1)c1ccccc1Cl. The molecule has 1 heterocycles. The number of carbonyl (C=O) groups excluding carboxylic acids is 1. The van der Waals surface area contributed by atoms with Crippen molar-refractivity contribution >= 4 is 29.3 Å². The van der Waals surface area contributed by atoms with Crippen molar-refractivity contribution < 1.29 is 4.79 Å². The first-order chi connectivity index (χ1) is 12.2. The highest BCUT2D eigenvalue weighted by atomic mass is 35.5. The number of hydrogen-bond donors (Lipinski definition) is 1. The second-order valence-corrected chi connectivity index (χ2v) is 6.99.